The zero-order valence-electron chi connectivity index (χ0n) is 13.5. The van der Waals surface area contributed by atoms with Crippen molar-refractivity contribution in [2.45, 2.75) is 12.6 Å². The van der Waals surface area contributed by atoms with Crippen LogP contribution in [0, 0.1) is 5.82 Å². The number of hydrogen-bond acceptors (Lipinski definition) is 6. The first kappa shape index (κ1) is 15.9. The van der Waals surface area contributed by atoms with E-state index in [4.69, 9.17) is 4.74 Å². The van der Waals surface area contributed by atoms with Gasteiger partial charge in [0.25, 0.3) is 0 Å². The number of aliphatic imine (C=N–C) groups is 2. The fraction of sp³-hybridized carbons (Fsp3) is 0.235. The third-order valence-corrected chi connectivity index (χ3v) is 4.92. The summed E-state index contributed by atoms with van der Waals surface area (Å²) in [5.41, 5.74) is 5.28. The van der Waals surface area contributed by atoms with Crippen LogP contribution >= 0.6 is 11.8 Å². The van der Waals surface area contributed by atoms with E-state index in [-0.39, 0.29) is 11.9 Å². The fourth-order valence-electron chi connectivity index (χ4n) is 2.68. The zero-order chi connectivity index (χ0) is 17.2. The predicted molar refractivity (Wildman–Crippen MR) is 95.9 cm³/mol. The van der Waals surface area contributed by atoms with Crippen molar-refractivity contribution in [2.24, 2.45) is 9.98 Å². The molecule has 1 atom stereocenters. The molecule has 1 aromatic carbocycles. The Bertz CT molecular complexity index is 839. The van der Waals surface area contributed by atoms with Crippen LogP contribution in [-0.4, -0.2) is 34.0 Å². The van der Waals surface area contributed by atoms with E-state index in [0.29, 0.717) is 13.1 Å². The minimum absolute atomic E-state index is 0.0589. The summed E-state index contributed by atoms with van der Waals surface area (Å²) in [5.74, 6) is 0.484. The van der Waals surface area contributed by atoms with Gasteiger partial charge in [0.15, 0.2) is 10.3 Å². The Morgan fingerprint density at radius 3 is 3.00 bits per heavy atom. The van der Waals surface area contributed by atoms with Crippen molar-refractivity contribution in [1.29, 1.82) is 0 Å². The van der Waals surface area contributed by atoms with Crippen LogP contribution in [0.15, 0.2) is 52.7 Å². The number of rotatable bonds is 4. The van der Waals surface area contributed by atoms with Crippen molar-refractivity contribution in [3.8, 4) is 5.75 Å². The monoisotopic (exact) mass is 357 g/mol. The topological polar surface area (TPSA) is 62.1 Å². The smallest absolute Gasteiger partial charge is 0.186 e. The van der Waals surface area contributed by atoms with Crippen molar-refractivity contribution in [3.63, 3.8) is 0 Å². The van der Waals surface area contributed by atoms with E-state index in [1.807, 2.05) is 17.3 Å². The van der Waals surface area contributed by atoms with Crippen LogP contribution in [0.25, 0.3) is 0 Å². The molecule has 3 heterocycles. The van der Waals surface area contributed by atoms with Crippen LogP contribution in [0.4, 0.5) is 4.39 Å². The lowest BCUT2D eigenvalue weighted by Crippen LogP contribution is -2.37. The number of nitrogens with zero attached hydrogens (tertiary/aromatic N) is 4. The van der Waals surface area contributed by atoms with E-state index in [9.17, 15) is 4.39 Å². The fourth-order valence-corrected chi connectivity index (χ4v) is 3.54. The average Bonchev–Trinajstić information content (AvgIpc) is 3.21. The summed E-state index contributed by atoms with van der Waals surface area (Å²) in [4.78, 5) is 13.3. The maximum atomic E-state index is 13.0. The second kappa shape index (κ2) is 6.72. The number of aromatic nitrogens is 1. The van der Waals surface area contributed by atoms with E-state index in [2.05, 4.69) is 20.4 Å². The van der Waals surface area contributed by atoms with E-state index in [1.165, 1.54) is 23.9 Å². The van der Waals surface area contributed by atoms with Crippen molar-refractivity contribution >= 4 is 22.1 Å². The molecule has 25 heavy (non-hydrogen) atoms. The molecule has 6 nitrogen and oxygen atoms in total. The quantitative estimate of drug-likeness (QED) is 0.912. The SMILES string of the molecule is COc1cncc(C2CN=C3SC(=NCc4ccc(F)cc4)NN32)c1. The second-order valence-corrected chi connectivity index (χ2v) is 6.58. The maximum Gasteiger partial charge on any atom is 0.186 e. The molecule has 2 aromatic rings. The summed E-state index contributed by atoms with van der Waals surface area (Å²) in [5, 5.41) is 3.68. The van der Waals surface area contributed by atoms with Gasteiger partial charge in [-0.2, -0.15) is 0 Å². The third-order valence-electron chi connectivity index (χ3n) is 3.99. The average molecular weight is 357 g/mol. The van der Waals surface area contributed by atoms with Gasteiger partial charge in [0.2, 0.25) is 0 Å². The number of hydrazine groups is 1. The molecule has 1 aromatic heterocycles. The Morgan fingerprint density at radius 2 is 2.20 bits per heavy atom. The highest BCUT2D eigenvalue weighted by Gasteiger charge is 2.36. The first-order valence-electron chi connectivity index (χ1n) is 7.79. The molecule has 1 saturated heterocycles. The van der Waals surface area contributed by atoms with Gasteiger partial charge in [-0.1, -0.05) is 12.1 Å². The zero-order valence-corrected chi connectivity index (χ0v) is 14.3. The number of ether oxygens (including phenoxy) is 1. The first-order valence-corrected chi connectivity index (χ1v) is 8.60. The summed E-state index contributed by atoms with van der Waals surface area (Å²) in [6.45, 7) is 1.15. The Kier molecular flexibility index (Phi) is 4.27. The highest BCUT2D eigenvalue weighted by atomic mass is 32.2. The molecule has 1 unspecified atom stereocenters. The van der Waals surface area contributed by atoms with Gasteiger partial charge in [0.1, 0.15) is 11.6 Å². The number of thioether (sulfide) groups is 1. The van der Waals surface area contributed by atoms with Gasteiger partial charge in [-0.25, -0.2) is 4.39 Å². The summed E-state index contributed by atoms with van der Waals surface area (Å²) in [6, 6.07) is 8.39. The molecule has 1 fully saturated rings. The van der Waals surface area contributed by atoms with Crippen LogP contribution in [-0.2, 0) is 6.54 Å². The van der Waals surface area contributed by atoms with Crippen molar-refractivity contribution in [1.82, 2.24) is 15.4 Å². The molecular formula is C17H16FN5OS. The van der Waals surface area contributed by atoms with Gasteiger partial charge < -0.3 is 4.74 Å². The number of hydrogen-bond donors (Lipinski definition) is 1. The molecule has 0 amide bonds. The normalized spacial score (nSPS) is 20.4. The number of nitrogens with one attached hydrogen (secondary N) is 1. The lowest BCUT2D eigenvalue weighted by molar-refractivity contribution is 0.320. The minimum Gasteiger partial charge on any atom is -0.495 e. The summed E-state index contributed by atoms with van der Waals surface area (Å²) >= 11 is 1.50. The molecule has 0 spiro atoms. The molecule has 0 radical (unpaired) electrons. The van der Waals surface area contributed by atoms with Crippen molar-refractivity contribution < 1.29 is 9.13 Å². The van der Waals surface area contributed by atoms with Gasteiger partial charge >= 0.3 is 0 Å². The third kappa shape index (κ3) is 3.30. The summed E-state index contributed by atoms with van der Waals surface area (Å²) in [6.07, 6.45) is 3.51. The molecule has 0 aliphatic carbocycles. The lowest BCUT2D eigenvalue weighted by Gasteiger charge is -2.22. The summed E-state index contributed by atoms with van der Waals surface area (Å²) in [7, 11) is 1.63. The summed E-state index contributed by atoms with van der Waals surface area (Å²) < 4.78 is 18.2. The van der Waals surface area contributed by atoms with E-state index in [0.717, 1.165) is 27.2 Å². The number of benzene rings is 1. The van der Waals surface area contributed by atoms with E-state index in [1.54, 1.807) is 25.4 Å². The second-order valence-electron chi connectivity index (χ2n) is 5.63. The highest BCUT2D eigenvalue weighted by molar-refractivity contribution is 8.26. The van der Waals surface area contributed by atoms with Crippen LogP contribution in [0.5, 0.6) is 5.75 Å². The number of pyridine rings is 1. The Balaban J connectivity index is 1.47. The molecule has 2 aliphatic heterocycles. The van der Waals surface area contributed by atoms with Crippen molar-refractivity contribution in [2.75, 3.05) is 13.7 Å². The number of amidine groups is 2. The molecular weight excluding hydrogens is 341 g/mol. The lowest BCUT2D eigenvalue weighted by atomic mass is 10.1. The first-order chi connectivity index (χ1) is 12.2. The van der Waals surface area contributed by atoms with Crippen LogP contribution in [0.2, 0.25) is 0 Å². The molecule has 8 heteroatoms. The highest BCUT2D eigenvalue weighted by Crippen LogP contribution is 2.33. The minimum atomic E-state index is -0.241. The Hall–Kier alpha value is -2.61. The standard InChI is InChI=1S/C17H16FN5OS/c1-24-14-6-12(8-19-9-14)15-10-21-17-23(15)22-16(25-17)20-7-11-2-4-13(18)5-3-11/h2-6,8-9,15H,7,10H2,1H3,(H,20,22). The number of halogens is 1. The molecule has 128 valence electrons. The molecule has 0 bridgehead atoms. The van der Waals surface area contributed by atoms with Crippen LogP contribution in [0.1, 0.15) is 17.2 Å². The maximum absolute atomic E-state index is 13.0. The van der Waals surface area contributed by atoms with Crippen LogP contribution < -0.4 is 10.2 Å². The van der Waals surface area contributed by atoms with Gasteiger partial charge in [0.05, 0.1) is 32.4 Å². The Labute approximate surface area is 148 Å². The van der Waals surface area contributed by atoms with E-state index >= 15 is 0 Å². The van der Waals surface area contributed by atoms with Gasteiger partial charge in [-0.3, -0.25) is 25.4 Å². The molecule has 4 rings (SSSR count). The predicted octanol–water partition coefficient (Wildman–Crippen LogP) is 2.75. The largest absolute Gasteiger partial charge is 0.495 e. The van der Waals surface area contributed by atoms with Crippen LogP contribution in [0.3, 0.4) is 0 Å². The molecule has 0 saturated carbocycles. The van der Waals surface area contributed by atoms with Gasteiger partial charge in [-0.15, -0.1) is 0 Å². The Morgan fingerprint density at radius 1 is 1.36 bits per heavy atom. The van der Waals surface area contributed by atoms with Crippen molar-refractivity contribution in [3.05, 3.63) is 59.7 Å². The van der Waals surface area contributed by atoms with Gasteiger partial charge in [-0.05, 0) is 35.5 Å². The number of fused-ring (bicyclic) bond motifs is 1. The van der Waals surface area contributed by atoms with Gasteiger partial charge in [0, 0.05) is 11.8 Å². The molecule has 2 aliphatic rings. The number of methoxy groups -OCH3 is 1. The molecule has 1 N–H and O–H groups in total. The van der Waals surface area contributed by atoms with E-state index < -0.39 is 0 Å².